The standard InChI is InChI=1S/C26H30N4O2.C21H23N3O/c1-19-24(20-8-4-2-5-9-20)30-18-22(12-13-23(30)27-19)26(32)29-16-14-28(15-17-29)25(31)21-10-6-3-7-11-21;1-15-7-6-8-17(13-15)20-16(2)22-19-10-9-18(14-24(19)20)21(25)23-11-4-3-5-12-23/h2,4-5,8-9,12-13,18,21H,3,6-7,10-11,14-17H2,1H3;6-10,13-14H,3-5,11-12H2,1-2H3. The van der Waals surface area contributed by atoms with E-state index < -0.39 is 0 Å². The lowest BCUT2D eigenvalue weighted by Gasteiger charge is -2.37. The van der Waals surface area contributed by atoms with Gasteiger partial charge in [0, 0.05) is 68.7 Å². The van der Waals surface area contributed by atoms with Gasteiger partial charge in [-0.15, -0.1) is 0 Å². The number of rotatable bonds is 5. The molecule has 3 fully saturated rings. The summed E-state index contributed by atoms with van der Waals surface area (Å²) in [7, 11) is 0. The molecule has 3 aliphatic rings. The first-order valence-corrected chi connectivity index (χ1v) is 20.7. The van der Waals surface area contributed by atoms with Crippen LogP contribution in [0.2, 0.25) is 0 Å². The number of imidazole rings is 2. The Balaban J connectivity index is 0.000000165. The highest BCUT2D eigenvalue weighted by Gasteiger charge is 2.30. The van der Waals surface area contributed by atoms with Crippen LogP contribution in [-0.4, -0.2) is 90.5 Å². The van der Waals surface area contributed by atoms with Crippen LogP contribution in [0.5, 0.6) is 0 Å². The number of fused-ring (bicyclic) bond motifs is 2. The van der Waals surface area contributed by atoms with Crippen molar-refractivity contribution >= 4 is 29.0 Å². The number of carbonyl (C=O) groups excluding carboxylic acids is 3. The Labute approximate surface area is 335 Å². The quantitative estimate of drug-likeness (QED) is 0.176. The number of likely N-dealkylation sites (tertiary alicyclic amines) is 1. The highest BCUT2D eigenvalue weighted by molar-refractivity contribution is 5.95. The van der Waals surface area contributed by atoms with Gasteiger partial charge in [-0.1, -0.05) is 73.4 Å². The molecule has 2 saturated heterocycles. The van der Waals surface area contributed by atoms with E-state index in [-0.39, 0.29) is 17.7 Å². The van der Waals surface area contributed by atoms with E-state index in [4.69, 9.17) is 0 Å². The maximum Gasteiger partial charge on any atom is 0.255 e. The van der Waals surface area contributed by atoms with Gasteiger partial charge in [0.05, 0.1) is 33.9 Å². The zero-order chi connectivity index (χ0) is 39.5. The molecule has 57 heavy (non-hydrogen) atoms. The number of nitrogens with zero attached hydrogens (tertiary/aromatic N) is 7. The average molecular weight is 764 g/mol. The number of amides is 3. The van der Waals surface area contributed by atoms with Gasteiger partial charge in [0.25, 0.3) is 11.8 Å². The lowest BCUT2D eigenvalue weighted by atomic mass is 9.88. The smallest absolute Gasteiger partial charge is 0.255 e. The van der Waals surface area contributed by atoms with Gasteiger partial charge in [0.2, 0.25) is 5.91 Å². The molecule has 1 saturated carbocycles. The molecular weight excluding hydrogens is 711 g/mol. The molecule has 9 rings (SSSR count). The minimum absolute atomic E-state index is 0.0158. The number of pyridine rings is 2. The maximum atomic E-state index is 13.3. The second-order valence-electron chi connectivity index (χ2n) is 15.9. The second-order valence-corrected chi connectivity index (χ2v) is 15.9. The Morgan fingerprint density at radius 2 is 1.04 bits per heavy atom. The summed E-state index contributed by atoms with van der Waals surface area (Å²) >= 11 is 0. The second kappa shape index (κ2) is 16.8. The van der Waals surface area contributed by atoms with Crippen molar-refractivity contribution in [3.8, 4) is 22.5 Å². The monoisotopic (exact) mass is 763 g/mol. The van der Waals surface area contributed by atoms with Gasteiger partial charge >= 0.3 is 0 Å². The number of hydrogen-bond acceptors (Lipinski definition) is 5. The molecule has 0 N–H and O–H groups in total. The molecule has 10 heteroatoms. The summed E-state index contributed by atoms with van der Waals surface area (Å²) in [5.74, 6) is 0.624. The highest BCUT2D eigenvalue weighted by Crippen LogP contribution is 2.29. The van der Waals surface area contributed by atoms with E-state index in [2.05, 4.69) is 57.7 Å². The van der Waals surface area contributed by atoms with Crippen molar-refractivity contribution in [2.45, 2.75) is 72.1 Å². The zero-order valence-corrected chi connectivity index (χ0v) is 33.5. The molecule has 294 valence electrons. The Morgan fingerprint density at radius 3 is 1.61 bits per heavy atom. The third kappa shape index (κ3) is 8.08. The summed E-state index contributed by atoms with van der Waals surface area (Å²) in [5, 5.41) is 0. The van der Waals surface area contributed by atoms with Crippen LogP contribution >= 0.6 is 0 Å². The minimum atomic E-state index is 0.0158. The van der Waals surface area contributed by atoms with Gasteiger partial charge in [-0.3, -0.25) is 23.2 Å². The van der Waals surface area contributed by atoms with Crippen LogP contribution in [0.15, 0.2) is 91.3 Å². The number of carbonyl (C=O) groups is 3. The van der Waals surface area contributed by atoms with Crippen molar-refractivity contribution in [2.24, 2.45) is 5.92 Å². The van der Waals surface area contributed by atoms with Gasteiger partial charge in [0.15, 0.2) is 0 Å². The lowest BCUT2D eigenvalue weighted by Crippen LogP contribution is -2.52. The SMILES string of the molecule is Cc1cccc(-c2c(C)nc3ccc(C(=O)N4CCCCC4)cn23)c1.Cc1nc2ccc(C(=O)N3CCN(C(=O)C4CCCCC4)CC3)cn2c1-c1ccccc1. The van der Waals surface area contributed by atoms with E-state index in [0.717, 1.165) is 102 Å². The number of piperidine rings is 1. The molecule has 2 aromatic carbocycles. The third-order valence-electron chi connectivity index (χ3n) is 11.9. The molecule has 6 heterocycles. The van der Waals surface area contributed by atoms with Crippen molar-refractivity contribution in [1.82, 2.24) is 33.5 Å². The van der Waals surface area contributed by atoms with E-state index in [1.54, 1.807) is 0 Å². The molecule has 0 radical (unpaired) electrons. The molecule has 0 spiro atoms. The zero-order valence-electron chi connectivity index (χ0n) is 33.5. The van der Waals surface area contributed by atoms with Crippen molar-refractivity contribution in [3.05, 3.63) is 119 Å². The molecule has 0 unspecified atom stereocenters. The van der Waals surface area contributed by atoms with Crippen LogP contribution in [0.4, 0.5) is 0 Å². The number of piperazine rings is 1. The van der Waals surface area contributed by atoms with Crippen molar-refractivity contribution in [1.29, 1.82) is 0 Å². The van der Waals surface area contributed by atoms with Crippen molar-refractivity contribution in [3.63, 3.8) is 0 Å². The Kier molecular flexibility index (Phi) is 11.2. The number of aryl methyl sites for hydroxylation is 3. The van der Waals surface area contributed by atoms with E-state index >= 15 is 0 Å². The first kappa shape index (κ1) is 38.1. The normalized spacial score (nSPS) is 16.4. The van der Waals surface area contributed by atoms with E-state index in [1.165, 1.54) is 18.4 Å². The number of benzene rings is 2. The minimum Gasteiger partial charge on any atom is -0.339 e. The maximum absolute atomic E-state index is 13.3. The van der Waals surface area contributed by atoms with E-state index in [1.807, 2.05) is 87.8 Å². The van der Waals surface area contributed by atoms with Gasteiger partial charge < -0.3 is 14.7 Å². The number of hydrogen-bond donors (Lipinski definition) is 0. The molecule has 0 bridgehead atoms. The van der Waals surface area contributed by atoms with Crippen LogP contribution in [0.3, 0.4) is 0 Å². The summed E-state index contributed by atoms with van der Waals surface area (Å²) in [4.78, 5) is 54.1. The first-order chi connectivity index (χ1) is 27.7. The Hall–Kier alpha value is -5.77. The lowest BCUT2D eigenvalue weighted by molar-refractivity contribution is -0.138. The molecule has 2 aliphatic heterocycles. The molecule has 4 aromatic heterocycles. The predicted octanol–water partition coefficient (Wildman–Crippen LogP) is 8.42. The largest absolute Gasteiger partial charge is 0.339 e. The summed E-state index contributed by atoms with van der Waals surface area (Å²) in [6, 6.07) is 26.2. The summed E-state index contributed by atoms with van der Waals surface area (Å²) in [6.45, 7) is 10.3. The predicted molar refractivity (Wildman–Crippen MR) is 224 cm³/mol. The molecule has 6 aromatic rings. The molecular formula is C47H53N7O3. The topological polar surface area (TPSA) is 95.5 Å². The fourth-order valence-electron chi connectivity index (χ4n) is 8.86. The van der Waals surface area contributed by atoms with Gasteiger partial charge in [0.1, 0.15) is 11.3 Å². The third-order valence-corrected chi connectivity index (χ3v) is 11.9. The van der Waals surface area contributed by atoms with Crippen LogP contribution < -0.4 is 0 Å². The van der Waals surface area contributed by atoms with Crippen molar-refractivity contribution in [2.75, 3.05) is 39.3 Å². The average Bonchev–Trinajstić information content (AvgIpc) is 3.77. The van der Waals surface area contributed by atoms with E-state index in [9.17, 15) is 14.4 Å². The molecule has 10 nitrogen and oxygen atoms in total. The molecule has 0 atom stereocenters. The van der Waals surface area contributed by atoms with E-state index in [0.29, 0.717) is 37.6 Å². The highest BCUT2D eigenvalue weighted by atomic mass is 16.2. The fourth-order valence-corrected chi connectivity index (χ4v) is 8.86. The number of aromatic nitrogens is 4. The Bertz CT molecular complexity index is 2390. The molecule has 1 aliphatic carbocycles. The van der Waals surface area contributed by atoms with Gasteiger partial charge in [-0.25, -0.2) is 9.97 Å². The van der Waals surface area contributed by atoms with Crippen LogP contribution in [0.25, 0.3) is 33.8 Å². The van der Waals surface area contributed by atoms with Gasteiger partial charge in [-0.2, -0.15) is 0 Å². The fraction of sp³-hybridized carbons (Fsp3) is 0.383. The van der Waals surface area contributed by atoms with Crippen LogP contribution in [0.1, 0.15) is 89.0 Å². The molecule has 3 amide bonds. The van der Waals surface area contributed by atoms with Crippen LogP contribution in [0, 0.1) is 26.7 Å². The summed E-state index contributed by atoms with van der Waals surface area (Å²) < 4.78 is 4.07. The Morgan fingerprint density at radius 1 is 0.526 bits per heavy atom. The summed E-state index contributed by atoms with van der Waals surface area (Å²) in [6.07, 6.45) is 12.9. The summed E-state index contributed by atoms with van der Waals surface area (Å²) in [5.41, 5.74) is 10.5. The van der Waals surface area contributed by atoms with Crippen molar-refractivity contribution < 1.29 is 14.4 Å². The van der Waals surface area contributed by atoms with Crippen LogP contribution in [-0.2, 0) is 4.79 Å². The first-order valence-electron chi connectivity index (χ1n) is 20.7. The van der Waals surface area contributed by atoms with Gasteiger partial charge in [-0.05, 0) is 83.2 Å².